The maximum Gasteiger partial charge on any atom is 0.280 e. The van der Waals surface area contributed by atoms with Gasteiger partial charge in [0, 0.05) is 10.0 Å². The van der Waals surface area contributed by atoms with Gasteiger partial charge in [-0.3, -0.25) is 4.79 Å². The number of hydrogen-bond donors (Lipinski definition) is 0. The first kappa shape index (κ1) is 17.5. The predicted molar refractivity (Wildman–Crippen MR) is 112 cm³/mol. The van der Waals surface area contributed by atoms with Crippen LogP contribution in [0.4, 0.5) is 5.69 Å². The van der Waals surface area contributed by atoms with Gasteiger partial charge >= 0.3 is 0 Å². The second kappa shape index (κ2) is 7.00. The first-order valence-electron chi connectivity index (χ1n) is 8.56. The van der Waals surface area contributed by atoms with Crippen molar-refractivity contribution in [2.75, 3.05) is 5.01 Å². The Hall–Kier alpha value is -2.92. The van der Waals surface area contributed by atoms with E-state index in [1.165, 1.54) is 10.6 Å². The lowest BCUT2D eigenvalue weighted by Gasteiger charge is -2.10. The highest BCUT2D eigenvalue weighted by Gasteiger charge is 2.28. The Balaban J connectivity index is 1.64. The van der Waals surface area contributed by atoms with Gasteiger partial charge in [0.2, 0.25) is 0 Å². The van der Waals surface area contributed by atoms with Crippen molar-refractivity contribution in [2.45, 2.75) is 13.8 Å². The molecule has 0 atom stereocenters. The topological polar surface area (TPSA) is 45.8 Å². The molecule has 4 rings (SSSR count). The predicted octanol–water partition coefficient (Wildman–Crippen LogP) is 5.82. The second-order valence-electron chi connectivity index (χ2n) is 6.38. The number of carbonyl (C=O) groups is 1. The number of nitrogens with zero attached hydrogens (tertiary/aromatic N) is 2. The number of anilines is 1. The molecule has 0 bridgehead atoms. The molecule has 1 aliphatic heterocycles. The molecular formula is C22H17BrN2O2. The SMILES string of the molecule is CC1=NN(c2ccccc2)C(=O)C1=Cc1ccc(-c2ccc(C)cc2Br)o1. The van der Waals surface area contributed by atoms with Crippen LogP contribution in [-0.4, -0.2) is 11.6 Å². The molecule has 0 fully saturated rings. The van der Waals surface area contributed by atoms with Crippen LogP contribution >= 0.6 is 15.9 Å². The lowest BCUT2D eigenvalue weighted by molar-refractivity contribution is -0.114. The molecule has 0 saturated heterocycles. The summed E-state index contributed by atoms with van der Waals surface area (Å²) >= 11 is 3.58. The highest BCUT2D eigenvalue weighted by Crippen LogP contribution is 2.32. The van der Waals surface area contributed by atoms with E-state index < -0.39 is 0 Å². The van der Waals surface area contributed by atoms with E-state index in [0.29, 0.717) is 17.0 Å². The Kier molecular flexibility index (Phi) is 4.54. The van der Waals surface area contributed by atoms with Crippen LogP contribution in [0.25, 0.3) is 17.4 Å². The van der Waals surface area contributed by atoms with Gasteiger partial charge in [-0.2, -0.15) is 10.1 Å². The van der Waals surface area contributed by atoms with Crippen molar-refractivity contribution < 1.29 is 9.21 Å². The van der Waals surface area contributed by atoms with Crippen LogP contribution in [0.5, 0.6) is 0 Å². The standard InChI is InChI=1S/C22H17BrN2O2/c1-14-8-10-18(20(23)12-14)21-11-9-17(27-21)13-19-15(2)24-25(22(19)26)16-6-4-3-5-7-16/h3-13H,1-2H3. The molecule has 3 aromatic rings. The van der Waals surface area contributed by atoms with Crippen molar-refractivity contribution >= 4 is 39.3 Å². The Morgan fingerprint density at radius 2 is 1.81 bits per heavy atom. The molecule has 4 nitrogen and oxygen atoms in total. The summed E-state index contributed by atoms with van der Waals surface area (Å²) < 4.78 is 6.93. The number of hydrazone groups is 1. The van der Waals surface area contributed by atoms with E-state index >= 15 is 0 Å². The number of aryl methyl sites for hydroxylation is 1. The van der Waals surface area contributed by atoms with Crippen molar-refractivity contribution in [1.82, 2.24) is 0 Å². The zero-order chi connectivity index (χ0) is 19.0. The van der Waals surface area contributed by atoms with Crippen LogP contribution in [0.2, 0.25) is 0 Å². The second-order valence-corrected chi connectivity index (χ2v) is 7.24. The number of carbonyl (C=O) groups excluding carboxylic acids is 1. The third-order valence-corrected chi connectivity index (χ3v) is 5.02. The maximum atomic E-state index is 12.8. The fourth-order valence-corrected chi connectivity index (χ4v) is 3.65. The van der Waals surface area contributed by atoms with E-state index in [2.05, 4.69) is 21.0 Å². The quantitative estimate of drug-likeness (QED) is 0.500. The molecule has 134 valence electrons. The summed E-state index contributed by atoms with van der Waals surface area (Å²) in [7, 11) is 0. The molecule has 0 unspecified atom stereocenters. The maximum absolute atomic E-state index is 12.8. The number of halogens is 1. The average molecular weight is 421 g/mol. The zero-order valence-electron chi connectivity index (χ0n) is 14.9. The normalized spacial score (nSPS) is 15.5. The van der Waals surface area contributed by atoms with Crippen molar-refractivity contribution in [2.24, 2.45) is 5.10 Å². The molecule has 0 spiro atoms. The summed E-state index contributed by atoms with van der Waals surface area (Å²) in [5, 5.41) is 5.81. The molecule has 27 heavy (non-hydrogen) atoms. The highest BCUT2D eigenvalue weighted by atomic mass is 79.9. The first-order chi connectivity index (χ1) is 13.0. The van der Waals surface area contributed by atoms with E-state index in [9.17, 15) is 4.79 Å². The number of rotatable bonds is 3. The highest BCUT2D eigenvalue weighted by molar-refractivity contribution is 9.10. The van der Waals surface area contributed by atoms with Crippen LogP contribution in [0.1, 0.15) is 18.2 Å². The van der Waals surface area contributed by atoms with Crippen LogP contribution in [0.15, 0.2) is 80.2 Å². The van der Waals surface area contributed by atoms with Crippen molar-refractivity contribution in [1.29, 1.82) is 0 Å². The van der Waals surface area contributed by atoms with Crippen molar-refractivity contribution in [3.8, 4) is 11.3 Å². The average Bonchev–Trinajstić information content (AvgIpc) is 3.22. The van der Waals surface area contributed by atoms with E-state index in [4.69, 9.17) is 4.42 Å². The van der Waals surface area contributed by atoms with Gasteiger partial charge in [-0.25, -0.2) is 0 Å². The smallest absolute Gasteiger partial charge is 0.280 e. The Labute approximate surface area is 165 Å². The van der Waals surface area contributed by atoms with E-state index in [0.717, 1.165) is 21.5 Å². The molecule has 1 aliphatic rings. The van der Waals surface area contributed by atoms with Gasteiger partial charge in [-0.15, -0.1) is 0 Å². The van der Waals surface area contributed by atoms with E-state index in [1.807, 2.05) is 74.5 Å². The van der Waals surface area contributed by atoms with Crippen molar-refractivity contribution in [3.05, 3.63) is 82.0 Å². The fraction of sp³-hybridized carbons (Fsp3) is 0.0909. The molecule has 5 heteroatoms. The van der Waals surface area contributed by atoms with Gasteiger partial charge in [0.25, 0.3) is 5.91 Å². The molecule has 0 aliphatic carbocycles. The summed E-state index contributed by atoms with van der Waals surface area (Å²) in [4.78, 5) is 12.8. The molecule has 0 radical (unpaired) electrons. The minimum Gasteiger partial charge on any atom is -0.457 e. The van der Waals surface area contributed by atoms with Gasteiger partial charge in [-0.05, 0) is 61.9 Å². The molecule has 2 aromatic carbocycles. The monoisotopic (exact) mass is 420 g/mol. The van der Waals surface area contributed by atoms with Crippen LogP contribution in [-0.2, 0) is 4.79 Å². The van der Waals surface area contributed by atoms with Gasteiger partial charge in [-0.1, -0.05) is 40.2 Å². The number of amides is 1. The third-order valence-electron chi connectivity index (χ3n) is 4.37. The molecule has 1 amide bonds. The molecule has 0 N–H and O–H groups in total. The number of benzene rings is 2. The van der Waals surface area contributed by atoms with Crippen LogP contribution < -0.4 is 5.01 Å². The lowest BCUT2D eigenvalue weighted by atomic mass is 10.1. The Morgan fingerprint density at radius 3 is 2.56 bits per heavy atom. The van der Waals surface area contributed by atoms with Gasteiger partial charge in [0.05, 0.1) is 17.0 Å². The summed E-state index contributed by atoms with van der Waals surface area (Å²) in [6, 6.07) is 19.3. The Morgan fingerprint density at radius 1 is 1.04 bits per heavy atom. The summed E-state index contributed by atoms with van der Waals surface area (Å²) in [5.41, 5.74) is 4.08. The largest absolute Gasteiger partial charge is 0.457 e. The molecule has 0 saturated carbocycles. The van der Waals surface area contributed by atoms with Crippen molar-refractivity contribution in [3.63, 3.8) is 0 Å². The van der Waals surface area contributed by atoms with Crippen LogP contribution in [0.3, 0.4) is 0 Å². The summed E-state index contributed by atoms with van der Waals surface area (Å²) in [6.45, 7) is 3.87. The zero-order valence-corrected chi connectivity index (χ0v) is 16.5. The third kappa shape index (κ3) is 3.38. The van der Waals surface area contributed by atoms with Gasteiger partial charge in [0.1, 0.15) is 11.5 Å². The van der Waals surface area contributed by atoms with E-state index in [-0.39, 0.29) is 5.91 Å². The van der Waals surface area contributed by atoms with Gasteiger partial charge < -0.3 is 4.42 Å². The molecule has 2 heterocycles. The van der Waals surface area contributed by atoms with Gasteiger partial charge in [0.15, 0.2) is 0 Å². The number of furan rings is 1. The number of para-hydroxylation sites is 1. The first-order valence-corrected chi connectivity index (χ1v) is 9.35. The number of hydrogen-bond acceptors (Lipinski definition) is 3. The van der Waals surface area contributed by atoms with E-state index in [1.54, 1.807) is 6.08 Å². The molecule has 1 aromatic heterocycles. The summed E-state index contributed by atoms with van der Waals surface area (Å²) in [5.74, 6) is 1.20. The summed E-state index contributed by atoms with van der Waals surface area (Å²) in [6.07, 6.45) is 1.75. The minimum atomic E-state index is -0.159. The minimum absolute atomic E-state index is 0.159. The lowest BCUT2D eigenvalue weighted by Crippen LogP contribution is -2.21. The fourth-order valence-electron chi connectivity index (χ4n) is 2.97. The Bertz CT molecular complexity index is 1080. The molecular weight excluding hydrogens is 404 g/mol. The van der Waals surface area contributed by atoms with Crippen LogP contribution in [0, 0.1) is 6.92 Å².